The second-order valence-electron chi connectivity index (χ2n) is 8.35. The summed E-state index contributed by atoms with van der Waals surface area (Å²) in [5.41, 5.74) is 1.92. The zero-order chi connectivity index (χ0) is 24.0. The number of para-hydroxylation sites is 3. The Hall–Kier alpha value is -4.26. The minimum atomic E-state index is -1.01. The molecule has 172 valence electrons. The number of ketones is 1. The van der Waals surface area contributed by atoms with E-state index in [2.05, 4.69) is 0 Å². The minimum Gasteiger partial charge on any atom is -0.507 e. The number of hydrogen-bond donors (Lipinski definition) is 2. The topological polar surface area (TPSA) is 96.3 Å². The van der Waals surface area contributed by atoms with Crippen molar-refractivity contribution in [3.05, 3.63) is 89.0 Å². The van der Waals surface area contributed by atoms with E-state index in [1.54, 1.807) is 60.7 Å². The molecule has 0 aromatic heterocycles. The summed E-state index contributed by atoms with van der Waals surface area (Å²) in [7, 11) is 1.49. The third-order valence-corrected chi connectivity index (χ3v) is 6.19. The van der Waals surface area contributed by atoms with Gasteiger partial charge < -0.3 is 19.7 Å². The third kappa shape index (κ3) is 3.37. The van der Waals surface area contributed by atoms with E-state index in [9.17, 15) is 19.8 Å². The lowest BCUT2D eigenvalue weighted by molar-refractivity contribution is -0.132. The van der Waals surface area contributed by atoms with Gasteiger partial charge in [-0.1, -0.05) is 30.3 Å². The van der Waals surface area contributed by atoms with Crippen LogP contribution in [0.2, 0.25) is 0 Å². The van der Waals surface area contributed by atoms with Gasteiger partial charge in [0.25, 0.3) is 11.7 Å². The van der Waals surface area contributed by atoms with E-state index in [0.717, 1.165) is 11.3 Å². The maximum Gasteiger partial charge on any atom is 0.300 e. The molecule has 0 aliphatic carbocycles. The standard InChI is InChI=1S/C27H23NO6/c1-15-13-17-14-16(11-12-21(17)34-15)25(30)23-24(18-7-3-6-10-22(18)33-2)28(27(32)26(23)31)19-8-4-5-9-20(19)29/h3-12,14-15,24,29-30H,13H2,1-2H3/b25-23+. The predicted molar refractivity (Wildman–Crippen MR) is 126 cm³/mol. The highest BCUT2D eigenvalue weighted by atomic mass is 16.5. The van der Waals surface area contributed by atoms with Gasteiger partial charge >= 0.3 is 0 Å². The highest BCUT2D eigenvalue weighted by Gasteiger charge is 2.48. The first-order valence-corrected chi connectivity index (χ1v) is 10.9. The Bertz CT molecular complexity index is 1340. The Labute approximate surface area is 196 Å². The molecule has 2 N–H and O–H groups in total. The number of fused-ring (bicyclic) bond motifs is 1. The van der Waals surface area contributed by atoms with Crippen molar-refractivity contribution in [1.82, 2.24) is 0 Å². The lowest BCUT2D eigenvalue weighted by atomic mass is 9.93. The van der Waals surface area contributed by atoms with Crippen molar-refractivity contribution in [1.29, 1.82) is 0 Å². The molecular weight excluding hydrogens is 434 g/mol. The van der Waals surface area contributed by atoms with Crippen molar-refractivity contribution < 1.29 is 29.3 Å². The van der Waals surface area contributed by atoms with Crippen LogP contribution >= 0.6 is 0 Å². The molecule has 2 heterocycles. The lowest BCUT2D eigenvalue weighted by Crippen LogP contribution is -2.29. The molecule has 5 rings (SSSR count). The molecular formula is C27H23NO6. The third-order valence-electron chi connectivity index (χ3n) is 6.19. The summed E-state index contributed by atoms with van der Waals surface area (Å²) >= 11 is 0. The quantitative estimate of drug-likeness (QED) is 0.344. The second-order valence-corrected chi connectivity index (χ2v) is 8.35. The van der Waals surface area contributed by atoms with Crippen LogP contribution in [0.25, 0.3) is 5.76 Å². The van der Waals surface area contributed by atoms with Crippen LogP contribution in [0.4, 0.5) is 5.69 Å². The monoisotopic (exact) mass is 457 g/mol. The van der Waals surface area contributed by atoms with E-state index in [4.69, 9.17) is 9.47 Å². The molecule has 0 saturated carbocycles. The second kappa shape index (κ2) is 8.26. The van der Waals surface area contributed by atoms with Gasteiger partial charge in [0.1, 0.15) is 29.1 Å². The number of hydrogen-bond acceptors (Lipinski definition) is 6. The predicted octanol–water partition coefficient (Wildman–Crippen LogP) is 4.35. The number of phenolic OH excluding ortho intramolecular Hbond substituents is 1. The molecule has 3 aromatic carbocycles. The normalized spacial score (nSPS) is 20.8. The molecule has 7 heteroatoms. The molecule has 1 fully saturated rings. The van der Waals surface area contributed by atoms with Crippen LogP contribution < -0.4 is 14.4 Å². The molecule has 0 radical (unpaired) electrons. The van der Waals surface area contributed by atoms with Crippen LogP contribution in [0.15, 0.2) is 72.3 Å². The number of anilines is 1. The van der Waals surface area contributed by atoms with Gasteiger partial charge in [-0.2, -0.15) is 0 Å². The highest BCUT2D eigenvalue weighted by molar-refractivity contribution is 6.52. The zero-order valence-corrected chi connectivity index (χ0v) is 18.7. The van der Waals surface area contributed by atoms with E-state index < -0.39 is 17.7 Å². The number of carbonyl (C=O) groups is 2. The van der Waals surface area contributed by atoms with E-state index in [0.29, 0.717) is 23.3 Å². The first-order chi connectivity index (χ1) is 16.4. The van der Waals surface area contributed by atoms with Crippen LogP contribution in [0, 0.1) is 0 Å². The van der Waals surface area contributed by atoms with Crippen molar-refractivity contribution in [3.63, 3.8) is 0 Å². The molecule has 3 aromatic rings. The number of amides is 1. The number of methoxy groups -OCH3 is 1. The smallest absolute Gasteiger partial charge is 0.300 e. The number of ether oxygens (including phenoxy) is 2. The van der Waals surface area contributed by atoms with Crippen LogP contribution in [0.1, 0.15) is 29.7 Å². The fourth-order valence-electron chi connectivity index (χ4n) is 4.66. The number of Topliss-reactive ketones (excluding diaryl/α,β-unsaturated/α-hetero) is 1. The Morgan fingerprint density at radius 1 is 1.06 bits per heavy atom. The number of carbonyl (C=O) groups excluding carboxylic acids is 2. The number of benzene rings is 3. The van der Waals surface area contributed by atoms with Gasteiger partial charge in [-0.05, 0) is 48.9 Å². The number of nitrogens with zero attached hydrogens (tertiary/aromatic N) is 1. The summed E-state index contributed by atoms with van der Waals surface area (Å²) in [6.45, 7) is 1.96. The van der Waals surface area contributed by atoms with Crippen molar-refractivity contribution in [2.24, 2.45) is 0 Å². The Balaban J connectivity index is 1.74. The van der Waals surface area contributed by atoms with Crippen LogP contribution in [-0.4, -0.2) is 35.1 Å². The molecule has 2 atom stereocenters. The average Bonchev–Trinajstić information content (AvgIpc) is 3.34. The molecule has 2 unspecified atom stereocenters. The molecule has 0 bridgehead atoms. The van der Waals surface area contributed by atoms with Crippen LogP contribution in [0.3, 0.4) is 0 Å². The summed E-state index contributed by atoms with van der Waals surface area (Å²) in [4.78, 5) is 27.8. The highest BCUT2D eigenvalue weighted by Crippen LogP contribution is 2.47. The van der Waals surface area contributed by atoms with E-state index >= 15 is 0 Å². The van der Waals surface area contributed by atoms with Gasteiger partial charge in [-0.15, -0.1) is 0 Å². The number of phenols is 1. The van der Waals surface area contributed by atoms with E-state index in [-0.39, 0.29) is 28.9 Å². The average molecular weight is 457 g/mol. The summed E-state index contributed by atoms with van der Waals surface area (Å²) in [5, 5.41) is 21.9. The molecule has 1 saturated heterocycles. The SMILES string of the molecule is COc1ccccc1C1/C(=C(\O)c2ccc3c(c2)CC(C)O3)C(=O)C(=O)N1c1ccccc1O. The zero-order valence-electron chi connectivity index (χ0n) is 18.7. The summed E-state index contributed by atoms with van der Waals surface area (Å²) < 4.78 is 11.3. The Morgan fingerprint density at radius 3 is 2.56 bits per heavy atom. The lowest BCUT2D eigenvalue weighted by Gasteiger charge is -2.27. The summed E-state index contributed by atoms with van der Waals surface area (Å²) in [6, 6.07) is 17.5. The molecule has 0 spiro atoms. The number of aliphatic hydroxyl groups excluding tert-OH is 1. The fourth-order valence-corrected chi connectivity index (χ4v) is 4.66. The van der Waals surface area contributed by atoms with Crippen LogP contribution in [0.5, 0.6) is 17.2 Å². The largest absolute Gasteiger partial charge is 0.507 e. The van der Waals surface area contributed by atoms with Crippen LogP contribution in [-0.2, 0) is 16.0 Å². The maximum absolute atomic E-state index is 13.3. The molecule has 34 heavy (non-hydrogen) atoms. The first-order valence-electron chi connectivity index (χ1n) is 10.9. The summed E-state index contributed by atoms with van der Waals surface area (Å²) in [5.74, 6) is -0.974. The van der Waals surface area contributed by atoms with Gasteiger partial charge in [0.2, 0.25) is 0 Å². The number of aromatic hydroxyl groups is 1. The molecule has 1 amide bonds. The van der Waals surface area contributed by atoms with Gasteiger partial charge in [-0.3, -0.25) is 14.5 Å². The fraction of sp³-hybridized carbons (Fsp3) is 0.185. The Morgan fingerprint density at radius 2 is 1.79 bits per heavy atom. The van der Waals surface area contributed by atoms with Crippen molar-refractivity contribution >= 4 is 23.1 Å². The molecule has 7 nitrogen and oxygen atoms in total. The van der Waals surface area contributed by atoms with Crippen molar-refractivity contribution in [2.45, 2.75) is 25.5 Å². The van der Waals surface area contributed by atoms with Gasteiger partial charge in [-0.25, -0.2) is 0 Å². The van der Waals surface area contributed by atoms with Gasteiger partial charge in [0.15, 0.2) is 0 Å². The minimum absolute atomic E-state index is 0.0209. The first kappa shape index (κ1) is 21.6. The van der Waals surface area contributed by atoms with Crippen molar-refractivity contribution in [3.8, 4) is 17.2 Å². The molecule has 2 aliphatic rings. The van der Waals surface area contributed by atoms with Crippen molar-refractivity contribution in [2.75, 3.05) is 12.0 Å². The van der Waals surface area contributed by atoms with E-state index in [1.807, 2.05) is 6.92 Å². The molecule has 2 aliphatic heterocycles. The number of aliphatic hydroxyl groups is 1. The maximum atomic E-state index is 13.3. The van der Waals surface area contributed by atoms with E-state index in [1.165, 1.54) is 18.1 Å². The van der Waals surface area contributed by atoms with Gasteiger partial charge in [0.05, 0.1) is 24.4 Å². The number of rotatable bonds is 4. The Kier molecular flexibility index (Phi) is 5.24. The van der Waals surface area contributed by atoms with Gasteiger partial charge in [0, 0.05) is 17.5 Å². The summed E-state index contributed by atoms with van der Waals surface area (Å²) in [6.07, 6.45) is 0.700.